The van der Waals surface area contributed by atoms with Crippen molar-refractivity contribution in [1.29, 1.82) is 0 Å². The van der Waals surface area contributed by atoms with Crippen LogP contribution in [0.1, 0.15) is 5.56 Å². The smallest absolute Gasteiger partial charge is 0.0192 e. The van der Waals surface area contributed by atoms with Gasteiger partial charge in [-0.05, 0) is 40.5 Å². The van der Waals surface area contributed by atoms with Gasteiger partial charge in [0.25, 0.3) is 0 Å². The third-order valence-corrected chi connectivity index (χ3v) is 2.91. The Hall–Kier alpha value is 0.300. The van der Waals surface area contributed by atoms with Crippen LogP contribution in [0, 0.1) is 3.57 Å². The highest BCUT2D eigenvalue weighted by atomic mass is 127. The number of thioether (sulfide) groups is 1. The minimum atomic E-state index is 1.12. The largest absolute Gasteiger partial charge is 0.161 e. The molecule has 0 bridgehead atoms. The van der Waals surface area contributed by atoms with Gasteiger partial charge >= 0.3 is 0 Å². The molecule has 0 saturated carbocycles. The molecule has 1 rings (SSSR count). The van der Waals surface area contributed by atoms with Crippen molar-refractivity contribution < 1.29 is 0 Å². The molecule has 0 aliphatic rings. The van der Waals surface area contributed by atoms with Crippen LogP contribution in [-0.4, -0.2) is 6.26 Å². The average Bonchev–Trinajstić information content (AvgIpc) is 1.94. The van der Waals surface area contributed by atoms with Crippen LogP contribution in [-0.2, 0) is 5.75 Å². The monoisotopic (exact) mass is 264 g/mol. The third-order valence-electron chi connectivity index (χ3n) is 1.26. The van der Waals surface area contributed by atoms with Crippen molar-refractivity contribution in [1.82, 2.24) is 0 Å². The summed E-state index contributed by atoms with van der Waals surface area (Å²) in [5.74, 6) is 1.12. The van der Waals surface area contributed by atoms with E-state index in [0.29, 0.717) is 0 Å². The summed E-state index contributed by atoms with van der Waals surface area (Å²) in [6.07, 6.45) is 2.13. The zero-order valence-electron chi connectivity index (χ0n) is 5.80. The topological polar surface area (TPSA) is 0 Å². The van der Waals surface area contributed by atoms with Crippen molar-refractivity contribution in [2.75, 3.05) is 6.26 Å². The van der Waals surface area contributed by atoms with E-state index in [2.05, 4.69) is 53.1 Å². The molecule has 0 N–H and O–H groups in total. The van der Waals surface area contributed by atoms with Crippen LogP contribution in [0.2, 0.25) is 0 Å². The van der Waals surface area contributed by atoms with E-state index in [4.69, 9.17) is 0 Å². The Kier molecular flexibility index (Phi) is 3.56. The Morgan fingerprint density at radius 2 is 2.10 bits per heavy atom. The van der Waals surface area contributed by atoms with Crippen LogP contribution in [0.25, 0.3) is 0 Å². The summed E-state index contributed by atoms with van der Waals surface area (Å²) < 4.78 is 1.37. The van der Waals surface area contributed by atoms with Crippen molar-refractivity contribution >= 4 is 34.4 Å². The van der Waals surface area contributed by atoms with Gasteiger partial charge in [0.2, 0.25) is 0 Å². The molecule has 0 heterocycles. The highest BCUT2D eigenvalue weighted by Gasteiger charge is 1.94. The van der Waals surface area contributed by atoms with Gasteiger partial charge in [-0.3, -0.25) is 0 Å². The van der Waals surface area contributed by atoms with Crippen LogP contribution in [0.3, 0.4) is 0 Å². The van der Waals surface area contributed by atoms with Gasteiger partial charge in [-0.25, -0.2) is 0 Å². The quantitative estimate of drug-likeness (QED) is 0.739. The van der Waals surface area contributed by atoms with Crippen LogP contribution < -0.4 is 0 Å². The maximum absolute atomic E-state index is 2.37. The lowest BCUT2D eigenvalue weighted by atomic mass is 10.2. The van der Waals surface area contributed by atoms with Gasteiger partial charge in [-0.15, -0.1) is 0 Å². The summed E-state index contributed by atoms with van der Waals surface area (Å²) in [4.78, 5) is 0. The molecule has 0 saturated heterocycles. The predicted octanol–water partition coefficient (Wildman–Crippen LogP) is 3.15. The van der Waals surface area contributed by atoms with Gasteiger partial charge in [-0.1, -0.05) is 18.2 Å². The Morgan fingerprint density at radius 1 is 1.40 bits per heavy atom. The maximum Gasteiger partial charge on any atom is 0.0192 e. The molecule has 54 valence electrons. The first-order valence-electron chi connectivity index (χ1n) is 3.07. The van der Waals surface area contributed by atoms with E-state index < -0.39 is 0 Å². The van der Waals surface area contributed by atoms with Gasteiger partial charge in [0.05, 0.1) is 0 Å². The molecule has 0 fully saturated rings. The highest BCUT2D eigenvalue weighted by molar-refractivity contribution is 14.1. The van der Waals surface area contributed by atoms with Crippen molar-refractivity contribution in [3.63, 3.8) is 0 Å². The lowest BCUT2D eigenvalue weighted by Crippen LogP contribution is -1.82. The van der Waals surface area contributed by atoms with Gasteiger partial charge in [0, 0.05) is 9.32 Å². The SMILES string of the molecule is CSCc1ccccc1I. The molecule has 0 aliphatic heterocycles. The van der Waals surface area contributed by atoms with Gasteiger partial charge in [0.15, 0.2) is 0 Å². The number of rotatable bonds is 2. The van der Waals surface area contributed by atoms with Crippen LogP contribution in [0.15, 0.2) is 24.3 Å². The molecule has 0 aromatic heterocycles. The van der Waals surface area contributed by atoms with E-state index in [1.807, 2.05) is 11.8 Å². The number of halogens is 1. The molecule has 1 aromatic carbocycles. The van der Waals surface area contributed by atoms with Gasteiger partial charge < -0.3 is 0 Å². The minimum Gasteiger partial charge on any atom is -0.161 e. The number of benzene rings is 1. The first kappa shape index (κ1) is 8.40. The molecule has 0 atom stereocenters. The van der Waals surface area contributed by atoms with Crippen molar-refractivity contribution in [2.24, 2.45) is 0 Å². The molecule has 0 nitrogen and oxygen atoms in total. The zero-order valence-corrected chi connectivity index (χ0v) is 8.78. The molecular formula is C8H9IS. The summed E-state index contributed by atoms with van der Waals surface area (Å²) in [6, 6.07) is 8.49. The van der Waals surface area contributed by atoms with E-state index in [1.165, 1.54) is 9.13 Å². The van der Waals surface area contributed by atoms with Crippen molar-refractivity contribution in [2.45, 2.75) is 5.75 Å². The standard InChI is InChI=1S/C8H9IS/c1-10-6-7-4-2-3-5-8(7)9/h2-5H,6H2,1H3. The second-order valence-electron chi connectivity index (χ2n) is 2.02. The predicted molar refractivity (Wildman–Crippen MR) is 56.4 cm³/mol. The van der Waals surface area contributed by atoms with Gasteiger partial charge in [0.1, 0.15) is 0 Å². The summed E-state index contributed by atoms with van der Waals surface area (Å²) in [5.41, 5.74) is 1.44. The molecule has 0 spiro atoms. The summed E-state index contributed by atoms with van der Waals surface area (Å²) in [5, 5.41) is 0. The summed E-state index contributed by atoms with van der Waals surface area (Å²) >= 11 is 4.23. The average molecular weight is 264 g/mol. The van der Waals surface area contributed by atoms with E-state index in [9.17, 15) is 0 Å². The highest BCUT2D eigenvalue weighted by Crippen LogP contribution is 2.15. The van der Waals surface area contributed by atoms with E-state index >= 15 is 0 Å². The lowest BCUT2D eigenvalue weighted by molar-refractivity contribution is 1.38. The first-order chi connectivity index (χ1) is 4.84. The fraction of sp³-hybridized carbons (Fsp3) is 0.250. The maximum atomic E-state index is 2.37. The Labute approximate surface area is 79.5 Å². The molecule has 0 radical (unpaired) electrons. The molecule has 0 unspecified atom stereocenters. The number of hydrogen-bond donors (Lipinski definition) is 0. The van der Waals surface area contributed by atoms with Crippen molar-refractivity contribution in [3.8, 4) is 0 Å². The van der Waals surface area contributed by atoms with Crippen molar-refractivity contribution in [3.05, 3.63) is 33.4 Å². The Morgan fingerprint density at radius 3 is 2.70 bits per heavy atom. The molecular weight excluding hydrogens is 255 g/mol. The molecule has 0 aliphatic carbocycles. The van der Waals surface area contributed by atoms with E-state index in [0.717, 1.165) is 5.75 Å². The minimum absolute atomic E-state index is 1.12. The molecule has 1 aromatic rings. The second kappa shape index (κ2) is 4.23. The third kappa shape index (κ3) is 2.16. The first-order valence-corrected chi connectivity index (χ1v) is 5.54. The second-order valence-corrected chi connectivity index (χ2v) is 4.05. The Balaban J connectivity index is 2.81. The zero-order chi connectivity index (χ0) is 7.40. The summed E-state index contributed by atoms with van der Waals surface area (Å²) in [7, 11) is 0. The molecule has 2 heteroatoms. The van der Waals surface area contributed by atoms with Crippen LogP contribution in [0.4, 0.5) is 0 Å². The normalized spacial score (nSPS) is 9.80. The van der Waals surface area contributed by atoms with Crippen LogP contribution in [0.5, 0.6) is 0 Å². The van der Waals surface area contributed by atoms with E-state index in [-0.39, 0.29) is 0 Å². The molecule has 10 heavy (non-hydrogen) atoms. The van der Waals surface area contributed by atoms with E-state index in [1.54, 1.807) is 0 Å². The number of hydrogen-bond acceptors (Lipinski definition) is 1. The molecule has 0 amide bonds. The summed E-state index contributed by atoms with van der Waals surface area (Å²) in [6.45, 7) is 0. The fourth-order valence-corrected chi connectivity index (χ4v) is 2.17. The van der Waals surface area contributed by atoms with Crippen LogP contribution >= 0.6 is 34.4 Å². The fourth-order valence-electron chi connectivity index (χ4n) is 0.771. The Bertz CT molecular complexity index is 210. The van der Waals surface area contributed by atoms with Gasteiger partial charge in [-0.2, -0.15) is 11.8 Å². The lowest BCUT2D eigenvalue weighted by Gasteiger charge is -1.99.